The first-order valence-electron chi connectivity index (χ1n) is 8.44. The Morgan fingerprint density at radius 2 is 1.86 bits per heavy atom. The van der Waals surface area contributed by atoms with Gasteiger partial charge in [-0.2, -0.15) is 0 Å². The minimum atomic E-state index is -0.240. The lowest BCUT2D eigenvalue weighted by Gasteiger charge is -2.05. The number of aryl methyl sites for hydroxylation is 1. The number of rotatable bonds is 8. The number of ether oxygens (including phenoxy) is 1. The molecule has 0 saturated carbocycles. The second-order valence-corrected chi connectivity index (χ2v) is 7.54. The molecule has 1 N–H and O–H groups in total. The van der Waals surface area contributed by atoms with Crippen molar-refractivity contribution in [1.82, 2.24) is 10.2 Å². The monoisotopic (exact) mass is 437 g/mol. The van der Waals surface area contributed by atoms with Crippen LogP contribution >= 0.6 is 35.0 Å². The molecule has 1 amide bonds. The van der Waals surface area contributed by atoms with Crippen LogP contribution in [-0.2, 0) is 17.8 Å². The number of hydrogen-bond acceptors (Lipinski definition) is 6. The van der Waals surface area contributed by atoms with Crippen molar-refractivity contribution in [3.63, 3.8) is 0 Å². The summed E-state index contributed by atoms with van der Waals surface area (Å²) >= 11 is 13.0. The lowest BCUT2D eigenvalue weighted by Crippen LogP contribution is -2.13. The van der Waals surface area contributed by atoms with Crippen LogP contribution in [-0.4, -0.2) is 21.9 Å². The fourth-order valence-corrected chi connectivity index (χ4v) is 3.38. The van der Waals surface area contributed by atoms with E-state index in [9.17, 15) is 4.79 Å². The molecular weight excluding hydrogens is 421 g/mol. The fraction of sp³-hybridized carbons (Fsp3) is 0.211. The SMILES string of the molecule is CCc1ccc(OCc2nnc(SCC(=O)Nc3cc(Cl)cc(Cl)c3)o2)cc1. The van der Waals surface area contributed by atoms with Crippen molar-refractivity contribution in [3.05, 3.63) is 64.0 Å². The number of amides is 1. The topological polar surface area (TPSA) is 77.2 Å². The minimum Gasteiger partial charge on any atom is -0.484 e. The van der Waals surface area contributed by atoms with Gasteiger partial charge < -0.3 is 14.5 Å². The molecule has 0 atom stereocenters. The third kappa shape index (κ3) is 6.15. The maximum Gasteiger partial charge on any atom is 0.277 e. The lowest BCUT2D eigenvalue weighted by atomic mass is 10.2. The molecule has 0 aliphatic carbocycles. The smallest absolute Gasteiger partial charge is 0.277 e. The van der Waals surface area contributed by atoms with Gasteiger partial charge in [-0.3, -0.25) is 4.79 Å². The number of carbonyl (C=O) groups is 1. The van der Waals surface area contributed by atoms with Crippen molar-refractivity contribution in [3.8, 4) is 5.75 Å². The Labute approximate surface area is 176 Å². The molecule has 0 spiro atoms. The van der Waals surface area contributed by atoms with E-state index in [4.69, 9.17) is 32.4 Å². The third-order valence-corrected chi connectivity index (χ3v) is 4.87. The van der Waals surface area contributed by atoms with Gasteiger partial charge in [-0.25, -0.2) is 0 Å². The number of anilines is 1. The van der Waals surface area contributed by atoms with Gasteiger partial charge in [0, 0.05) is 15.7 Å². The van der Waals surface area contributed by atoms with Crippen LogP contribution in [0.5, 0.6) is 5.75 Å². The van der Waals surface area contributed by atoms with E-state index in [-0.39, 0.29) is 18.3 Å². The summed E-state index contributed by atoms with van der Waals surface area (Å²) in [5, 5.41) is 11.7. The number of hydrogen-bond donors (Lipinski definition) is 1. The van der Waals surface area contributed by atoms with Crippen LogP contribution < -0.4 is 10.1 Å². The van der Waals surface area contributed by atoms with E-state index in [1.807, 2.05) is 24.3 Å². The molecule has 0 fully saturated rings. The summed E-state index contributed by atoms with van der Waals surface area (Å²) < 4.78 is 11.1. The van der Waals surface area contributed by atoms with Crippen LogP contribution in [0.15, 0.2) is 52.1 Å². The maximum atomic E-state index is 12.0. The van der Waals surface area contributed by atoms with Crippen LogP contribution in [0.2, 0.25) is 10.0 Å². The molecule has 1 aromatic heterocycles. The second-order valence-electron chi connectivity index (χ2n) is 5.74. The lowest BCUT2D eigenvalue weighted by molar-refractivity contribution is -0.113. The van der Waals surface area contributed by atoms with Gasteiger partial charge in [0.25, 0.3) is 11.1 Å². The predicted molar refractivity (Wildman–Crippen MR) is 110 cm³/mol. The Balaban J connectivity index is 1.46. The quantitative estimate of drug-likeness (QED) is 0.484. The molecule has 28 heavy (non-hydrogen) atoms. The Morgan fingerprint density at radius 1 is 1.14 bits per heavy atom. The Hall–Kier alpha value is -2.22. The summed E-state index contributed by atoms with van der Waals surface area (Å²) in [5.41, 5.74) is 1.76. The number of thioether (sulfide) groups is 1. The molecule has 1 heterocycles. The molecule has 0 aliphatic rings. The molecule has 9 heteroatoms. The number of benzene rings is 2. The zero-order valence-electron chi connectivity index (χ0n) is 14.9. The van der Waals surface area contributed by atoms with E-state index in [0.29, 0.717) is 26.8 Å². The van der Waals surface area contributed by atoms with Gasteiger partial charge in [0.1, 0.15) is 5.75 Å². The molecule has 3 aromatic rings. The highest BCUT2D eigenvalue weighted by molar-refractivity contribution is 7.99. The van der Waals surface area contributed by atoms with Crippen LogP contribution in [0, 0.1) is 0 Å². The van der Waals surface area contributed by atoms with Gasteiger partial charge in [0.2, 0.25) is 5.91 Å². The molecule has 3 rings (SSSR count). The Kier molecular flexibility index (Phi) is 7.19. The average molecular weight is 438 g/mol. The van der Waals surface area contributed by atoms with Crippen molar-refractivity contribution in [2.75, 3.05) is 11.1 Å². The third-order valence-electron chi connectivity index (χ3n) is 3.62. The van der Waals surface area contributed by atoms with Crippen LogP contribution in [0.25, 0.3) is 0 Å². The summed E-state index contributed by atoms with van der Waals surface area (Å²) in [6, 6.07) is 12.6. The van der Waals surface area contributed by atoms with Crippen molar-refractivity contribution in [2.24, 2.45) is 0 Å². The molecule has 2 aromatic carbocycles. The van der Waals surface area contributed by atoms with Crippen molar-refractivity contribution >= 4 is 46.6 Å². The maximum absolute atomic E-state index is 12.0. The fourth-order valence-electron chi connectivity index (χ4n) is 2.27. The number of halogens is 2. The van der Waals surface area contributed by atoms with E-state index in [2.05, 4.69) is 22.4 Å². The normalized spacial score (nSPS) is 10.7. The van der Waals surface area contributed by atoms with E-state index in [0.717, 1.165) is 23.9 Å². The molecule has 0 bridgehead atoms. The van der Waals surface area contributed by atoms with Crippen molar-refractivity contribution < 1.29 is 13.9 Å². The number of aromatic nitrogens is 2. The van der Waals surface area contributed by atoms with E-state index in [1.165, 1.54) is 5.56 Å². The first-order chi connectivity index (χ1) is 13.5. The van der Waals surface area contributed by atoms with Gasteiger partial charge in [-0.15, -0.1) is 10.2 Å². The summed E-state index contributed by atoms with van der Waals surface area (Å²) in [5.74, 6) is 0.925. The van der Waals surface area contributed by atoms with E-state index >= 15 is 0 Å². The standard InChI is InChI=1S/C19H17Cl2N3O3S/c1-2-12-3-5-16(6-4-12)26-10-18-23-24-19(27-18)28-11-17(25)22-15-8-13(20)7-14(21)9-15/h3-9H,2,10-11H2,1H3,(H,22,25). The molecule has 0 radical (unpaired) electrons. The predicted octanol–water partition coefficient (Wildman–Crippen LogP) is 5.25. The number of nitrogens with zero attached hydrogens (tertiary/aromatic N) is 2. The summed E-state index contributed by atoms with van der Waals surface area (Å²) in [7, 11) is 0. The molecular formula is C19H17Cl2N3O3S. The van der Waals surface area contributed by atoms with Crippen LogP contribution in [0.3, 0.4) is 0 Å². The Morgan fingerprint density at radius 3 is 2.54 bits per heavy atom. The molecule has 146 valence electrons. The zero-order valence-corrected chi connectivity index (χ0v) is 17.3. The highest BCUT2D eigenvalue weighted by atomic mass is 35.5. The van der Waals surface area contributed by atoms with Crippen molar-refractivity contribution in [1.29, 1.82) is 0 Å². The second kappa shape index (κ2) is 9.82. The van der Waals surface area contributed by atoms with Gasteiger partial charge in [-0.05, 0) is 42.3 Å². The number of nitrogens with one attached hydrogen (secondary N) is 1. The van der Waals surface area contributed by atoms with Gasteiger partial charge in [0.05, 0.1) is 5.75 Å². The van der Waals surface area contributed by atoms with E-state index in [1.54, 1.807) is 18.2 Å². The molecule has 0 saturated heterocycles. The average Bonchev–Trinajstić information content (AvgIpc) is 3.12. The van der Waals surface area contributed by atoms with Crippen LogP contribution in [0.1, 0.15) is 18.4 Å². The number of carbonyl (C=O) groups excluding carboxylic acids is 1. The molecule has 6 nitrogen and oxygen atoms in total. The molecule has 0 aliphatic heterocycles. The van der Waals surface area contributed by atoms with Gasteiger partial charge in [-0.1, -0.05) is 54.0 Å². The van der Waals surface area contributed by atoms with E-state index < -0.39 is 0 Å². The summed E-state index contributed by atoms with van der Waals surface area (Å²) in [4.78, 5) is 12.0. The first-order valence-corrected chi connectivity index (χ1v) is 10.2. The van der Waals surface area contributed by atoms with Crippen LogP contribution in [0.4, 0.5) is 5.69 Å². The zero-order chi connectivity index (χ0) is 19.9. The first kappa shape index (κ1) is 20.5. The van der Waals surface area contributed by atoms with Gasteiger partial charge in [0.15, 0.2) is 6.61 Å². The largest absolute Gasteiger partial charge is 0.484 e. The minimum absolute atomic E-state index is 0.102. The summed E-state index contributed by atoms with van der Waals surface area (Å²) in [6.07, 6.45) is 0.975. The summed E-state index contributed by atoms with van der Waals surface area (Å²) in [6.45, 7) is 2.25. The van der Waals surface area contributed by atoms with Crippen molar-refractivity contribution in [2.45, 2.75) is 25.2 Å². The molecule has 0 unspecified atom stereocenters. The van der Waals surface area contributed by atoms with Gasteiger partial charge >= 0.3 is 0 Å². The Bertz CT molecular complexity index is 928. The highest BCUT2D eigenvalue weighted by Crippen LogP contribution is 2.23. The highest BCUT2D eigenvalue weighted by Gasteiger charge is 2.11.